The molecule has 0 aliphatic carbocycles. The normalized spacial score (nSPS) is 25.6. The van der Waals surface area contributed by atoms with Gasteiger partial charge < -0.3 is 25.2 Å². The average Bonchev–Trinajstić information content (AvgIpc) is 3.21. The Labute approximate surface area is 344 Å². The summed E-state index contributed by atoms with van der Waals surface area (Å²) >= 11 is 0. The first-order valence-corrected chi connectivity index (χ1v) is 20.6. The van der Waals surface area contributed by atoms with Gasteiger partial charge in [0, 0.05) is 75.6 Å². The number of fused-ring (bicyclic) bond motifs is 2. The molecular weight excluding hydrogens is 762 g/mol. The third-order valence-corrected chi connectivity index (χ3v) is 12.5. The van der Waals surface area contributed by atoms with E-state index in [2.05, 4.69) is 43.8 Å². The molecule has 3 amide bonds. The maximum Gasteiger partial charge on any atom is 0.401 e. The molecular formula is C44H55F3N8O4. The Morgan fingerprint density at radius 3 is 2.56 bits per heavy atom. The number of anilines is 2. The molecule has 5 aliphatic rings. The molecule has 0 spiro atoms. The first kappa shape index (κ1) is 42.0. The van der Waals surface area contributed by atoms with Crippen LogP contribution in [0.4, 0.5) is 24.5 Å². The monoisotopic (exact) mass is 816 g/mol. The van der Waals surface area contributed by atoms with Crippen molar-refractivity contribution in [2.24, 2.45) is 5.92 Å². The molecule has 5 aliphatic heterocycles. The second-order valence-electron chi connectivity index (χ2n) is 16.4. The standard InChI is InChI=1S/C44H55F3N8O4/c1-6-33-35-21-28(3)55(26-44(45,46)47)41(34(35)9-11-36(33)48-5)37-10-8-31(22-49-37)53-17-15-30(16-18-53)23-52-19-20-54-32(24-52)25-59-29(4)39(54)13-7-27(2)42(57)50-38-12-14-40(56)51-43(38)58/h6-11,13,22,28,30,32,38,41,48H,1,4,12,14-21,23-26H2,2-3,5H3,(H,50,57)(H,51,56,58)/b27-7+,39-13+/t28?,32-,38+,41+/m1/s1. The lowest BCUT2D eigenvalue weighted by atomic mass is 9.83. The maximum absolute atomic E-state index is 13.9. The van der Waals surface area contributed by atoms with Crippen LogP contribution in [0.15, 0.2) is 72.8 Å². The number of morpholine rings is 1. The van der Waals surface area contributed by atoms with E-state index in [1.54, 1.807) is 19.1 Å². The Morgan fingerprint density at radius 2 is 1.88 bits per heavy atom. The molecule has 3 N–H and O–H groups in total. The summed E-state index contributed by atoms with van der Waals surface area (Å²) in [6.45, 7) is 16.4. The van der Waals surface area contributed by atoms with Crippen LogP contribution in [0.25, 0.3) is 6.08 Å². The zero-order chi connectivity index (χ0) is 42.0. The molecule has 2 aromatic rings. The molecule has 316 valence electrons. The summed E-state index contributed by atoms with van der Waals surface area (Å²) in [6, 6.07) is 6.15. The summed E-state index contributed by atoms with van der Waals surface area (Å²) in [6.07, 6.45) is 5.79. The number of amides is 3. The van der Waals surface area contributed by atoms with Gasteiger partial charge in [0.15, 0.2) is 0 Å². The fraction of sp³-hybridized carbons (Fsp3) is 0.500. The van der Waals surface area contributed by atoms with Gasteiger partial charge in [-0.05, 0) is 80.9 Å². The number of nitrogens with one attached hydrogen (secondary N) is 3. The summed E-state index contributed by atoms with van der Waals surface area (Å²) in [4.78, 5) is 49.9. The first-order valence-electron chi connectivity index (χ1n) is 20.6. The van der Waals surface area contributed by atoms with Crippen molar-refractivity contribution in [2.75, 3.05) is 69.7 Å². The summed E-state index contributed by atoms with van der Waals surface area (Å²) < 4.78 is 47.8. The number of aromatic nitrogens is 1. The number of carbonyl (C=O) groups is 3. The molecule has 1 aromatic carbocycles. The van der Waals surface area contributed by atoms with Gasteiger partial charge in [-0.3, -0.25) is 34.5 Å². The van der Waals surface area contributed by atoms with Crippen molar-refractivity contribution in [1.82, 2.24) is 30.3 Å². The van der Waals surface area contributed by atoms with Crippen LogP contribution in [0, 0.1) is 5.92 Å². The molecule has 4 fully saturated rings. The molecule has 1 unspecified atom stereocenters. The van der Waals surface area contributed by atoms with Crippen molar-refractivity contribution in [2.45, 2.75) is 76.3 Å². The highest BCUT2D eigenvalue weighted by atomic mass is 19.4. The van der Waals surface area contributed by atoms with Crippen LogP contribution in [0.3, 0.4) is 0 Å². The molecule has 4 saturated heterocycles. The average molecular weight is 817 g/mol. The Bertz CT molecular complexity index is 2010. The third kappa shape index (κ3) is 9.36. The van der Waals surface area contributed by atoms with Crippen LogP contribution in [0.2, 0.25) is 0 Å². The number of benzene rings is 1. The fourth-order valence-corrected chi connectivity index (χ4v) is 9.28. The molecule has 59 heavy (non-hydrogen) atoms. The minimum atomic E-state index is -4.35. The van der Waals surface area contributed by atoms with E-state index >= 15 is 0 Å². The molecule has 7 rings (SSSR count). The summed E-state index contributed by atoms with van der Waals surface area (Å²) in [5, 5.41) is 8.17. The summed E-state index contributed by atoms with van der Waals surface area (Å²) in [7, 11) is 1.83. The van der Waals surface area contributed by atoms with Crippen LogP contribution < -0.4 is 20.9 Å². The summed E-state index contributed by atoms with van der Waals surface area (Å²) in [5.41, 5.74) is 6.50. The number of piperidine rings is 2. The largest absolute Gasteiger partial charge is 0.490 e. The van der Waals surface area contributed by atoms with Gasteiger partial charge in [0.25, 0.3) is 0 Å². The molecule has 6 heterocycles. The topological polar surface area (TPSA) is 122 Å². The highest BCUT2D eigenvalue weighted by Crippen LogP contribution is 2.42. The predicted molar refractivity (Wildman–Crippen MR) is 221 cm³/mol. The number of ether oxygens (including phenoxy) is 1. The van der Waals surface area contributed by atoms with Crippen LogP contribution in [-0.4, -0.2) is 121 Å². The van der Waals surface area contributed by atoms with E-state index in [1.807, 2.05) is 50.5 Å². The second kappa shape index (κ2) is 17.6. The maximum atomic E-state index is 13.9. The molecule has 0 bridgehead atoms. The molecule has 15 heteroatoms. The van der Waals surface area contributed by atoms with E-state index in [9.17, 15) is 27.6 Å². The van der Waals surface area contributed by atoms with Crippen LogP contribution >= 0.6 is 0 Å². The zero-order valence-corrected chi connectivity index (χ0v) is 34.1. The van der Waals surface area contributed by atoms with Gasteiger partial charge in [-0.2, -0.15) is 13.2 Å². The molecule has 12 nitrogen and oxygen atoms in total. The van der Waals surface area contributed by atoms with Gasteiger partial charge in [-0.15, -0.1) is 0 Å². The molecule has 4 atom stereocenters. The van der Waals surface area contributed by atoms with E-state index in [4.69, 9.17) is 9.72 Å². The Morgan fingerprint density at radius 1 is 1.10 bits per heavy atom. The lowest BCUT2D eigenvalue weighted by molar-refractivity contribution is -0.155. The smallest absolute Gasteiger partial charge is 0.401 e. The van der Waals surface area contributed by atoms with Gasteiger partial charge in [0.05, 0.1) is 41.9 Å². The number of hydrogen-bond donors (Lipinski definition) is 3. The van der Waals surface area contributed by atoms with Gasteiger partial charge in [0.2, 0.25) is 17.7 Å². The van der Waals surface area contributed by atoms with Gasteiger partial charge in [-0.1, -0.05) is 31.4 Å². The first-order chi connectivity index (χ1) is 28.2. The number of carbonyl (C=O) groups excluding carboxylic acids is 3. The number of piperazine rings is 1. The van der Waals surface area contributed by atoms with Crippen molar-refractivity contribution in [3.63, 3.8) is 0 Å². The van der Waals surface area contributed by atoms with Crippen molar-refractivity contribution >= 4 is 35.2 Å². The fourth-order valence-electron chi connectivity index (χ4n) is 9.28. The van der Waals surface area contributed by atoms with Crippen LogP contribution in [0.1, 0.15) is 68.0 Å². The van der Waals surface area contributed by atoms with E-state index in [0.717, 1.165) is 85.9 Å². The van der Waals surface area contributed by atoms with Crippen molar-refractivity contribution < 1.29 is 32.3 Å². The number of halogens is 3. The Balaban J connectivity index is 0.946. The molecule has 0 radical (unpaired) electrons. The SMILES string of the molecule is C=Cc1c(NC)ccc2c1CC(C)N(CC(F)(F)F)[C@@H]2c1ccc(N2CCC(CN3CCN4/C(=C/C=C(\C)C(=O)N[C@H]5CCC(=O)NC5=O)C(=C)OC[C@H]4C3)CC2)cn1. The number of nitrogens with zero attached hydrogens (tertiary/aromatic N) is 5. The number of allylic oxidation sites excluding steroid dienone is 2. The van der Waals surface area contributed by atoms with Gasteiger partial charge in [0.1, 0.15) is 18.4 Å². The Kier molecular flexibility index (Phi) is 12.5. The lowest BCUT2D eigenvalue weighted by Crippen LogP contribution is -2.57. The van der Waals surface area contributed by atoms with Crippen molar-refractivity contribution in [3.8, 4) is 0 Å². The predicted octanol–water partition coefficient (Wildman–Crippen LogP) is 5.16. The van der Waals surface area contributed by atoms with E-state index in [0.29, 0.717) is 36.0 Å². The highest BCUT2D eigenvalue weighted by Gasteiger charge is 2.42. The highest BCUT2D eigenvalue weighted by molar-refractivity contribution is 6.03. The zero-order valence-electron chi connectivity index (χ0n) is 34.1. The number of imide groups is 1. The minimum absolute atomic E-state index is 0.135. The van der Waals surface area contributed by atoms with Crippen molar-refractivity contribution in [1.29, 1.82) is 0 Å². The van der Waals surface area contributed by atoms with E-state index in [1.165, 1.54) is 4.90 Å². The number of pyridine rings is 1. The summed E-state index contributed by atoms with van der Waals surface area (Å²) in [5.74, 6) is -0.120. The van der Waals surface area contributed by atoms with E-state index in [-0.39, 0.29) is 36.7 Å². The quantitative estimate of drug-likeness (QED) is 0.219. The number of hydrogen-bond acceptors (Lipinski definition) is 10. The molecule has 1 aromatic heterocycles. The number of alkyl halides is 3. The third-order valence-electron chi connectivity index (χ3n) is 12.5. The van der Waals surface area contributed by atoms with Gasteiger partial charge in [-0.25, -0.2) is 0 Å². The lowest BCUT2D eigenvalue weighted by Gasteiger charge is -2.47. The molecule has 0 saturated carbocycles. The number of rotatable bonds is 10. The van der Waals surface area contributed by atoms with Crippen molar-refractivity contribution in [3.05, 3.63) is 95.2 Å². The second-order valence-corrected chi connectivity index (χ2v) is 16.4. The van der Waals surface area contributed by atoms with Crippen LogP contribution in [-0.2, 0) is 25.5 Å². The van der Waals surface area contributed by atoms with Crippen LogP contribution in [0.5, 0.6) is 0 Å². The Hall–Kier alpha value is -5.15. The minimum Gasteiger partial charge on any atom is -0.490 e. The van der Waals surface area contributed by atoms with Gasteiger partial charge >= 0.3 is 6.18 Å². The van der Waals surface area contributed by atoms with E-state index < -0.39 is 30.7 Å².